The predicted molar refractivity (Wildman–Crippen MR) is 76.3 cm³/mol. The minimum absolute atomic E-state index is 0.221. The molecule has 0 fully saturated rings. The van der Waals surface area contributed by atoms with Crippen LogP contribution in [0.1, 0.15) is 6.92 Å². The van der Waals surface area contributed by atoms with E-state index in [0.29, 0.717) is 9.59 Å². The van der Waals surface area contributed by atoms with Crippen molar-refractivity contribution < 1.29 is 27.9 Å². The Morgan fingerprint density at radius 2 is 1.96 bits per heavy atom. The molecule has 0 saturated heterocycles. The third-order valence-corrected chi connectivity index (χ3v) is 3.14. The van der Waals surface area contributed by atoms with Crippen LogP contribution in [-0.4, -0.2) is 37.9 Å². The van der Waals surface area contributed by atoms with E-state index in [0.717, 1.165) is 6.92 Å². The van der Waals surface area contributed by atoms with Crippen LogP contribution in [0.25, 0.3) is 11.4 Å². The first-order valence-corrected chi connectivity index (χ1v) is 6.87. The molecule has 0 aliphatic rings. The molecular weight excluding hydrogens is 355 g/mol. The minimum atomic E-state index is -4.93. The summed E-state index contributed by atoms with van der Waals surface area (Å²) in [5, 5.41) is 13.3. The fourth-order valence-corrected chi connectivity index (χ4v) is 1.94. The molecule has 0 spiro atoms. The SMILES string of the molecule is CC(=O)On1nc(-c2ccc(Cl)cc2)n(CC(O)C(F)(F)F)c1=O. The molecule has 7 nitrogen and oxygen atoms in total. The smallest absolute Gasteiger partial charge is 0.382 e. The molecule has 0 radical (unpaired) electrons. The lowest BCUT2D eigenvalue weighted by Gasteiger charge is -2.15. The lowest BCUT2D eigenvalue weighted by Crippen LogP contribution is -2.38. The molecule has 24 heavy (non-hydrogen) atoms. The molecule has 0 aliphatic carbocycles. The number of aromatic nitrogens is 3. The highest BCUT2D eigenvalue weighted by molar-refractivity contribution is 6.30. The Kier molecular flexibility index (Phi) is 4.99. The lowest BCUT2D eigenvalue weighted by atomic mass is 10.2. The molecule has 0 bridgehead atoms. The van der Waals surface area contributed by atoms with Crippen molar-refractivity contribution in [3.05, 3.63) is 39.8 Å². The molecule has 1 N–H and O–H groups in total. The molecule has 0 amide bonds. The molecule has 1 heterocycles. The Bertz CT molecular complexity index is 798. The maximum atomic E-state index is 12.6. The van der Waals surface area contributed by atoms with Crippen LogP contribution in [0.3, 0.4) is 0 Å². The largest absolute Gasteiger partial charge is 0.416 e. The summed E-state index contributed by atoms with van der Waals surface area (Å²) >= 11 is 5.74. The van der Waals surface area contributed by atoms with E-state index in [1.807, 2.05) is 0 Å². The second-order valence-corrected chi connectivity index (χ2v) is 5.17. The molecule has 2 aromatic rings. The van der Waals surface area contributed by atoms with Gasteiger partial charge < -0.3 is 9.94 Å². The number of aliphatic hydroxyl groups excluding tert-OH is 1. The van der Waals surface area contributed by atoms with E-state index in [1.165, 1.54) is 24.3 Å². The van der Waals surface area contributed by atoms with Gasteiger partial charge in [-0.2, -0.15) is 13.2 Å². The van der Waals surface area contributed by atoms with Crippen molar-refractivity contribution in [3.8, 4) is 11.4 Å². The monoisotopic (exact) mass is 365 g/mol. The molecule has 1 unspecified atom stereocenters. The fraction of sp³-hybridized carbons (Fsp3) is 0.308. The van der Waals surface area contributed by atoms with Crippen molar-refractivity contribution in [2.45, 2.75) is 25.7 Å². The number of aliphatic hydroxyl groups is 1. The zero-order valence-electron chi connectivity index (χ0n) is 12.1. The zero-order valence-corrected chi connectivity index (χ0v) is 12.9. The Morgan fingerprint density at radius 1 is 1.38 bits per heavy atom. The van der Waals surface area contributed by atoms with Gasteiger partial charge in [-0.1, -0.05) is 11.6 Å². The highest BCUT2D eigenvalue weighted by atomic mass is 35.5. The zero-order chi connectivity index (χ0) is 18.1. The Morgan fingerprint density at radius 3 is 2.46 bits per heavy atom. The molecule has 0 saturated carbocycles. The van der Waals surface area contributed by atoms with Gasteiger partial charge in [-0.15, -0.1) is 5.10 Å². The first kappa shape index (κ1) is 18.0. The standard InChI is InChI=1S/C13H11ClF3N3O4/c1-7(21)24-20-12(23)19(6-10(22)13(15,16)17)11(18-20)8-2-4-9(14)5-3-8/h2-5,10,22H,6H2,1H3. The number of hydrogen-bond acceptors (Lipinski definition) is 5. The Balaban J connectivity index is 2.53. The molecule has 1 aromatic heterocycles. The van der Waals surface area contributed by atoms with Gasteiger partial charge in [0.2, 0.25) is 0 Å². The third-order valence-electron chi connectivity index (χ3n) is 2.89. The maximum absolute atomic E-state index is 12.6. The topological polar surface area (TPSA) is 86.3 Å². The van der Waals surface area contributed by atoms with Crippen molar-refractivity contribution in [1.82, 2.24) is 14.5 Å². The van der Waals surface area contributed by atoms with Crippen LogP contribution in [-0.2, 0) is 11.3 Å². The number of halogens is 4. The summed E-state index contributed by atoms with van der Waals surface area (Å²) in [6.07, 6.45) is -7.73. The molecule has 1 atom stereocenters. The summed E-state index contributed by atoms with van der Waals surface area (Å²) in [6, 6.07) is 5.71. The van der Waals surface area contributed by atoms with Gasteiger partial charge in [0.15, 0.2) is 11.9 Å². The number of nitrogens with zero attached hydrogens (tertiary/aromatic N) is 3. The Labute approximate surface area is 137 Å². The average molecular weight is 366 g/mol. The summed E-state index contributed by atoms with van der Waals surface area (Å²) in [6.45, 7) is -0.112. The number of carbonyl (C=O) groups excluding carboxylic acids is 1. The van der Waals surface area contributed by atoms with Crippen LogP contribution in [0.4, 0.5) is 13.2 Å². The predicted octanol–water partition coefficient (Wildman–Crippen LogP) is 1.26. The maximum Gasteiger partial charge on any atom is 0.416 e. The van der Waals surface area contributed by atoms with Crippen LogP contribution in [0.5, 0.6) is 0 Å². The van der Waals surface area contributed by atoms with E-state index >= 15 is 0 Å². The summed E-state index contributed by atoms with van der Waals surface area (Å²) < 4.78 is 38.3. The van der Waals surface area contributed by atoms with E-state index in [4.69, 9.17) is 11.6 Å². The fourth-order valence-electron chi connectivity index (χ4n) is 1.81. The van der Waals surface area contributed by atoms with Gasteiger partial charge in [-0.25, -0.2) is 9.59 Å². The molecular formula is C13H11ClF3N3O4. The Hall–Kier alpha value is -2.33. The highest BCUT2D eigenvalue weighted by Crippen LogP contribution is 2.23. The lowest BCUT2D eigenvalue weighted by molar-refractivity contribution is -0.207. The second kappa shape index (κ2) is 6.65. The van der Waals surface area contributed by atoms with E-state index in [1.54, 1.807) is 0 Å². The molecule has 130 valence electrons. The van der Waals surface area contributed by atoms with Crippen molar-refractivity contribution in [3.63, 3.8) is 0 Å². The summed E-state index contributed by atoms with van der Waals surface area (Å²) in [5.41, 5.74) is -0.893. The highest BCUT2D eigenvalue weighted by Gasteiger charge is 2.39. The summed E-state index contributed by atoms with van der Waals surface area (Å²) in [4.78, 5) is 27.9. The van der Waals surface area contributed by atoms with E-state index in [2.05, 4.69) is 9.94 Å². The number of benzene rings is 1. The molecule has 1 aromatic carbocycles. The van der Waals surface area contributed by atoms with Crippen molar-refractivity contribution in [2.24, 2.45) is 0 Å². The van der Waals surface area contributed by atoms with Gasteiger partial charge >= 0.3 is 17.8 Å². The van der Waals surface area contributed by atoms with Gasteiger partial charge in [-0.05, 0) is 29.1 Å². The number of carbonyl (C=O) groups is 1. The van der Waals surface area contributed by atoms with Crippen LogP contribution < -0.4 is 10.5 Å². The van der Waals surface area contributed by atoms with Crippen molar-refractivity contribution in [1.29, 1.82) is 0 Å². The summed E-state index contributed by atoms with van der Waals surface area (Å²) in [7, 11) is 0. The summed E-state index contributed by atoms with van der Waals surface area (Å²) in [5.74, 6) is -1.11. The van der Waals surface area contributed by atoms with E-state index in [-0.39, 0.29) is 16.2 Å². The van der Waals surface area contributed by atoms with Crippen molar-refractivity contribution in [2.75, 3.05) is 0 Å². The van der Waals surface area contributed by atoms with Gasteiger partial charge in [0.25, 0.3) is 0 Å². The number of rotatable bonds is 4. The third kappa shape index (κ3) is 3.95. The van der Waals surface area contributed by atoms with E-state index < -0.39 is 30.5 Å². The van der Waals surface area contributed by atoms with Gasteiger partial charge in [0.05, 0.1) is 6.54 Å². The van der Waals surface area contributed by atoms with Crippen molar-refractivity contribution >= 4 is 17.6 Å². The van der Waals surface area contributed by atoms with Crippen LogP contribution in [0, 0.1) is 0 Å². The molecule has 0 aliphatic heterocycles. The van der Waals surface area contributed by atoms with Crippen LogP contribution >= 0.6 is 11.6 Å². The number of alkyl halides is 3. The van der Waals surface area contributed by atoms with Crippen LogP contribution in [0.15, 0.2) is 29.1 Å². The second-order valence-electron chi connectivity index (χ2n) is 4.74. The van der Waals surface area contributed by atoms with Gasteiger partial charge in [-0.3, -0.25) is 4.57 Å². The van der Waals surface area contributed by atoms with Gasteiger partial charge in [0.1, 0.15) is 0 Å². The quantitative estimate of drug-likeness (QED) is 0.881. The van der Waals surface area contributed by atoms with Crippen LogP contribution in [0.2, 0.25) is 5.02 Å². The first-order chi connectivity index (χ1) is 11.1. The minimum Gasteiger partial charge on any atom is -0.382 e. The molecule has 11 heteroatoms. The average Bonchev–Trinajstić information content (AvgIpc) is 2.76. The normalized spacial score (nSPS) is 12.9. The van der Waals surface area contributed by atoms with Gasteiger partial charge in [0, 0.05) is 17.5 Å². The molecule has 2 rings (SSSR count). The first-order valence-electron chi connectivity index (χ1n) is 6.49. The number of hydrogen-bond donors (Lipinski definition) is 1. The van der Waals surface area contributed by atoms with E-state index in [9.17, 15) is 27.9 Å².